The van der Waals surface area contributed by atoms with Crippen molar-refractivity contribution >= 4 is 44.4 Å². The van der Waals surface area contributed by atoms with Gasteiger partial charge in [-0.15, -0.1) is 11.3 Å². The van der Waals surface area contributed by atoms with Crippen molar-refractivity contribution in [3.05, 3.63) is 94.0 Å². The van der Waals surface area contributed by atoms with Gasteiger partial charge in [0.1, 0.15) is 0 Å². The zero-order valence-corrected chi connectivity index (χ0v) is 25.6. The van der Waals surface area contributed by atoms with Gasteiger partial charge in [-0.05, 0) is 79.5 Å². The van der Waals surface area contributed by atoms with E-state index in [0.717, 1.165) is 46.6 Å². The van der Waals surface area contributed by atoms with Crippen LogP contribution in [-0.4, -0.2) is 25.7 Å². The Hall–Kier alpha value is -3.11. The van der Waals surface area contributed by atoms with E-state index in [9.17, 15) is 13.6 Å². The number of benzene rings is 3. The Morgan fingerprint density at radius 3 is 2.67 bits per heavy atom. The van der Waals surface area contributed by atoms with Crippen LogP contribution in [0.4, 0.5) is 5.69 Å². The summed E-state index contributed by atoms with van der Waals surface area (Å²) >= 11 is -0.780. The maximum absolute atomic E-state index is 13.7. The highest BCUT2D eigenvalue weighted by atomic mass is 32.2. The number of fused-ring (bicyclic) bond motifs is 2. The number of carbonyl (C=O) groups is 1. The molecule has 220 valence electrons. The zero-order chi connectivity index (χ0) is 29.1. The van der Waals surface area contributed by atoms with Gasteiger partial charge in [-0.25, -0.2) is 9.19 Å². The van der Waals surface area contributed by atoms with Crippen molar-refractivity contribution in [2.45, 2.75) is 83.0 Å². The van der Waals surface area contributed by atoms with E-state index in [4.69, 9.17) is 0 Å². The molecule has 2 aliphatic rings. The predicted molar refractivity (Wildman–Crippen MR) is 171 cm³/mol. The molecule has 1 fully saturated rings. The van der Waals surface area contributed by atoms with Crippen LogP contribution in [0.25, 0.3) is 10.2 Å². The topological polar surface area (TPSA) is 94.6 Å². The van der Waals surface area contributed by atoms with E-state index in [1.54, 1.807) is 11.3 Å². The third-order valence-corrected chi connectivity index (χ3v) is 10.3. The van der Waals surface area contributed by atoms with Gasteiger partial charge in [0.15, 0.2) is 0 Å². The van der Waals surface area contributed by atoms with Gasteiger partial charge in [-0.2, -0.15) is 0 Å². The molecule has 0 spiro atoms. The molecular weight excluding hydrogens is 565 g/mol. The molecule has 0 saturated heterocycles. The summed E-state index contributed by atoms with van der Waals surface area (Å²) in [6.07, 6.45) is 8.12. The molecule has 0 aliphatic heterocycles. The Morgan fingerprint density at radius 1 is 1.07 bits per heavy atom. The number of amides is 1. The summed E-state index contributed by atoms with van der Waals surface area (Å²) in [5.41, 5.74) is 5.91. The molecule has 42 heavy (non-hydrogen) atoms. The minimum atomic E-state index is -2.36. The third-order valence-electron chi connectivity index (χ3n) is 8.55. The van der Waals surface area contributed by atoms with Gasteiger partial charge >= 0.3 is 0 Å². The number of carbonyl (C=O) groups excluding carboxylic acids is 1. The summed E-state index contributed by atoms with van der Waals surface area (Å²) in [4.78, 5) is 18.2. The van der Waals surface area contributed by atoms with Gasteiger partial charge in [0, 0.05) is 12.6 Å². The van der Waals surface area contributed by atoms with Crippen molar-refractivity contribution in [1.29, 1.82) is 0 Å². The highest BCUT2D eigenvalue weighted by Gasteiger charge is 2.30. The lowest BCUT2D eigenvalue weighted by Gasteiger charge is -2.31. The lowest BCUT2D eigenvalue weighted by Crippen LogP contribution is -2.37. The second-order valence-corrected chi connectivity index (χ2v) is 13.6. The van der Waals surface area contributed by atoms with Gasteiger partial charge in [0.2, 0.25) is 5.91 Å². The van der Waals surface area contributed by atoms with Crippen molar-refractivity contribution in [1.82, 2.24) is 15.6 Å². The fourth-order valence-electron chi connectivity index (χ4n) is 6.51. The summed E-state index contributed by atoms with van der Waals surface area (Å²) in [5, 5.41) is 7.92. The molecule has 9 heteroatoms. The number of rotatable bonds is 10. The fourth-order valence-corrected chi connectivity index (χ4v) is 8.02. The van der Waals surface area contributed by atoms with Crippen molar-refractivity contribution in [3.8, 4) is 0 Å². The summed E-state index contributed by atoms with van der Waals surface area (Å²) in [6.45, 7) is 2.83. The normalized spacial score (nSPS) is 18.5. The fraction of sp³-hybridized carbons (Fsp3) is 0.394. The van der Waals surface area contributed by atoms with E-state index >= 15 is 0 Å². The SMILES string of the molecule is Cc1nc2cc(N(C(CC(=O)NC3CCCc4cc(CNC5CCCC5)ccc43)c3ccccc3)S(=O)O)ccc2s1. The van der Waals surface area contributed by atoms with Crippen LogP contribution >= 0.6 is 11.3 Å². The summed E-state index contributed by atoms with van der Waals surface area (Å²) in [6, 6.07) is 21.7. The van der Waals surface area contributed by atoms with E-state index in [1.807, 2.05) is 55.5 Å². The maximum Gasteiger partial charge on any atom is 0.262 e. The first-order valence-corrected chi connectivity index (χ1v) is 16.8. The molecule has 0 bridgehead atoms. The first-order valence-electron chi connectivity index (χ1n) is 14.9. The number of aromatic nitrogens is 1. The van der Waals surface area contributed by atoms with Gasteiger partial charge in [0.25, 0.3) is 11.3 Å². The summed E-state index contributed by atoms with van der Waals surface area (Å²) in [7, 11) is 0. The first-order chi connectivity index (χ1) is 20.4. The number of nitrogens with one attached hydrogen (secondary N) is 2. The van der Waals surface area contributed by atoms with Crippen LogP contribution in [0.15, 0.2) is 66.7 Å². The number of hydrogen-bond donors (Lipinski definition) is 3. The van der Waals surface area contributed by atoms with Crippen LogP contribution in [0.1, 0.15) is 84.3 Å². The Kier molecular flexibility index (Phi) is 9.00. The number of aryl methyl sites for hydroxylation is 2. The molecule has 2 aliphatic carbocycles. The monoisotopic (exact) mass is 602 g/mol. The lowest BCUT2D eigenvalue weighted by molar-refractivity contribution is -0.122. The molecule has 3 aromatic carbocycles. The molecule has 3 atom stereocenters. The number of anilines is 1. The van der Waals surface area contributed by atoms with Crippen LogP contribution in [0.2, 0.25) is 0 Å². The van der Waals surface area contributed by atoms with Crippen LogP contribution in [-0.2, 0) is 29.0 Å². The third kappa shape index (κ3) is 6.59. The highest BCUT2D eigenvalue weighted by molar-refractivity contribution is 7.80. The first kappa shape index (κ1) is 29.0. The predicted octanol–water partition coefficient (Wildman–Crippen LogP) is 6.91. The van der Waals surface area contributed by atoms with E-state index in [2.05, 4.69) is 33.8 Å². The highest BCUT2D eigenvalue weighted by Crippen LogP contribution is 2.35. The quantitative estimate of drug-likeness (QED) is 0.172. The summed E-state index contributed by atoms with van der Waals surface area (Å²) in [5.74, 6) is -0.144. The number of thiazole rings is 1. The van der Waals surface area contributed by atoms with Gasteiger partial charge in [-0.1, -0.05) is 61.4 Å². The average molecular weight is 603 g/mol. The van der Waals surface area contributed by atoms with Crippen molar-refractivity contribution < 1.29 is 13.6 Å². The molecule has 1 heterocycles. The number of hydrogen-bond acceptors (Lipinski definition) is 5. The molecule has 4 aromatic rings. The van der Waals surface area contributed by atoms with E-state index in [0.29, 0.717) is 11.7 Å². The van der Waals surface area contributed by atoms with Crippen molar-refractivity contribution in [2.24, 2.45) is 0 Å². The van der Waals surface area contributed by atoms with E-state index in [1.165, 1.54) is 46.7 Å². The van der Waals surface area contributed by atoms with Gasteiger partial charge < -0.3 is 10.6 Å². The summed E-state index contributed by atoms with van der Waals surface area (Å²) < 4.78 is 25.8. The second-order valence-electron chi connectivity index (χ2n) is 11.5. The molecule has 7 nitrogen and oxygen atoms in total. The van der Waals surface area contributed by atoms with E-state index < -0.39 is 17.3 Å². The van der Waals surface area contributed by atoms with Crippen molar-refractivity contribution in [2.75, 3.05) is 4.31 Å². The molecule has 1 saturated carbocycles. The molecule has 0 radical (unpaired) electrons. The zero-order valence-electron chi connectivity index (χ0n) is 23.9. The Labute approximate surface area is 254 Å². The van der Waals surface area contributed by atoms with Crippen molar-refractivity contribution in [3.63, 3.8) is 0 Å². The molecule has 3 N–H and O–H groups in total. The molecule has 3 unspecified atom stereocenters. The second kappa shape index (κ2) is 13.0. The van der Waals surface area contributed by atoms with Crippen LogP contribution in [0.5, 0.6) is 0 Å². The largest absolute Gasteiger partial charge is 0.349 e. The van der Waals surface area contributed by atoms with Crippen LogP contribution in [0, 0.1) is 6.92 Å². The number of nitrogens with zero attached hydrogens (tertiary/aromatic N) is 2. The van der Waals surface area contributed by atoms with Gasteiger partial charge in [-0.3, -0.25) is 13.7 Å². The lowest BCUT2D eigenvalue weighted by atomic mass is 9.86. The maximum atomic E-state index is 13.7. The minimum absolute atomic E-state index is 0.0413. The van der Waals surface area contributed by atoms with Gasteiger partial charge in [0.05, 0.1) is 39.4 Å². The van der Waals surface area contributed by atoms with E-state index in [-0.39, 0.29) is 18.4 Å². The molecular formula is C33H38N4O3S2. The Balaban J connectivity index is 1.21. The van der Waals surface area contributed by atoms with Crippen LogP contribution < -0.4 is 14.9 Å². The molecule has 1 aromatic heterocycles. The molecule has 1 amide bonds. The average Bonchev–Trinajstić information content (AvgIpc) is 3.64. The standard InChI is InChI=1S/C33H38N4O3S2/c1-22-35-30-19-27(15-17-32(30)41-22)37(42(39)40)31(24-8-3-2-4-9-24)20-33(38)36-29-13-7-10-25-18-23(14-16-28(25)29)21-34-26-11-5-6-12-26/h2-4,8-9,14-19,26,29,31,34H,5-7,10-13,20-21H2,1H3,(H,36,38)(H,39,40). The molecule has 6 rings (SSSR count). The Morgan fingerprint density at radius 2 is 1.88 bits per heavy atom. The minimum Gasteiger partial charge on any atom is -0.349 e. The smallest absolute Gasteiger partial charge is 0.262 e. The van der Waals surface area contributed by atoms with Crippen LogP contribution in [0.3, 0.4) is 0 Å². The Bertz CT molecular complexity index is 1570.